The van der Waals surface area contributed by atoms with Gasteiger partial charge in [-0.1, -0.05) is 54.6 Å². The van der Waals surface area contributed by atoms with Crippen LogP contribution in [0.5, 0.6) is 11.5 Å². The number of rotatable bonds is 5. The number of nitrogens with zero attached hydrogens (tertiary/aromatic N) is 2. The van der Waals surface area contributed by atoms with Gasteiger partial charge >= 0.3 is 5.97 Å². The maximum atomic E-state index is 13.7. The van der Waals surface area contributed by atoms with E-state index in [1.807, 2.05) is 78.9 Å². The van der Waals surface area contributed by atoms with Crippen LogP contribution in [0.1, 0.15) is 34.3 Å². The van der Waals surface area contributed by atoms with Crippen LogP contribution in [-0.4, -0.2) is 28.3 Å². The van der Waals surface area contributed by atoms with Gasteiger partial charge in [0, 0.05) is 11.1 Å². The minimum Gasteiger partial charge on any atom is -0.462 e. The summed E-state index contributed by atoms with van der Waals surface area (Å²) in [5.74, 6) is 0.0210. The van der Waals surface area contributed by atoms with E-state index in [9.17, 15) is 9.59 Å². The zero-order chi connectivity index (χ0) is 22.8. The largest absolute Gasteiger partial charge is 0.462 e. The number of hydrogen-bond donors (Lipinski definition) is 1. The first kappa shape index (κ1) is 20.5. The second-order valence-corrected chi connectivity index (χ2v) is 7.47. The molecule has 0 saturated carbocycles. The molecule has 1 aliphatic heterocycles. The van der Waals surface area contributed by atoms with Crippen molar-refractivity contribution in [3.05, 3.63) is 102 Å². The van der Waals surface area contributed by atoms with Gasteiger partial charge in [-0.15, -0.1) is 0 Å². The molecule has 1 aromatic heterocycles. The number of benzene rings is 3. The molecule has 0 radical (unpaired) electrons. The summed E-state index contributed by atoms with van der Waals surface area (Å²) < 4.78 is 12.7. The van der Waals surface area contributed by atoms with Crippen LogP contribution in [0.15, 0.2) is 85.1 Å². The lowest BCUT2D eigenvalue weighted by molar-refractivity contribution is -0.116. The van der Waals surface area contributed by atoms with Crippen LogP contribution in [0.25, 0.3) is 5.69 Å². The summed E-state index contributed by atoms with van der Waals surface area (Å²) in [6.45, 7) is 1.94. The molecule has 0 atom stereocenters. The summed E-state index contributed by atoms with van der Waals surface area (Å²) >= 11 is 0. The first-order chi connectivity index (χ1) is 16.2. The van der Waals surface area contributed by atoms with Crippen molar-refractivity contribution in [2.75, 3.05) is 11.9 Å². The van der Waals surface area contributed by atoms with Crippen LogP contribution in [0.4, 0.5) is 5.82 Å². The molecule has 3 aromatic carbocycles. The molecule has 1 aliphatic rings. The van der Waals surface area contributed by atoms with Crippen LogP contribution in [-0.2, 0) is 9.53 Å². The van der Waals surface area contributed by atoms with Crippen molar-refractivity contribution in [2.45, 2.75) is 12.8 Å². The molecular formula is C26H21N3O4. The fourth-order valence-electron chi connectivity index (χ4n) is 3.97. The van der Waals surface area contributed by atoms with E-state index in [1.54, 1.807) is 6.92 Å². The third-order valence-electron chi connectivity index (χ3n) is 5.45. The van der Waals surface area contributed by atoms with Crippen LogP contribution in [0.3, 0.4) is 0 Å². The highest BCUT2D eigenvalue weighted by molar-refractivity contribution is 6.04. The Balaban J connectivity index is 1.59. The SMILES string of the molecule is CCOC(=O)c1cnn(-c2ccccc2)c1NC(=O)C1c2ccccc2Oc2ccccc21. The van der Waals surface area contributed by atoms with Gasteiger partial charge in [-0.25, -0.2) is 9.48 Å². The van der Waals surface area contributed by atoms with E-state index in [0.717, 1.165) is 11.1 Å². The van der Waals surface area contributed by atoms with Gasteiger partial charge in [-0.05, 0) is 31.2 Å². The van der Waals surface area contributed by atoms with Crippen LogP contribution < -0.4 is 10.1 Å². The van der Waals surface area contributed by atoms with E-state index in [-0.39, 0.29) is 23.9 Å². The summed E-state index contributed by atoms with van der Waals surface area (Å²) in [7, 11) is 0. The lowest BCUT2D eigenvalue weighted by Crippen LogP contribution is -2.27. The first-order valence-electron chi connectivity index (χ1n) is 10.6. The van der Waals surface area contributed by atoms with Crippen molar-refractivity contribution in [3.8, 4) is 17.2 Å². The lowest BCUT2D eigenvalue weighted by Gasteiger charge is -2.27. The van der Waals surface area contributed by atoms with Gasteiger partial charge in [0.2, 0.25) is 5.91 Å². The molecule has 0 unspecified atom stereocenters. The van der Waals surface area contributed by atoms with E-state index >= 15 is 0 Å². The minimum atomic E-state index is -0.625. The van der Waals surface area contributed by atoms with E-state index in [4.69, 9.17) is 9.47 Å². The molecule has 2 heterocycles. The maximum absolute atomic E-state index is 13.7. The molecule has 1 amide bonds. The lowest BCUT2D eigenvalue weighted by atomic mass is 9.87. The smallest absolute Gasteiger partial charge is 0.343 e. The van der Waals surface area contributed by atoms with E-state index in [1.165, 1.54) is 10.9 Å². The highest BCUT2D eigenvalue weighted by Gasteiger charge is 2.34. The van der Waals surface area contributed by atoms with Gasteiger partial charge in [0.1, 0.15) is 17.1 Å². The molecule has 7 nitrogen and oxygen atoms in total. The number of carbonyl (C=O) groups excluding carboxylic acids is 2. The monoisotopic (exact) mass is 439 g/mol. The number of fused-ring (bicyclic) bond motifs is 2. The third kappa shape index (κ3) is 3.74. The van der Waals surface area contributed by atoms with Gasteiger partial charge in [0.15, 0.2) is 5.82 Å². The van der Waals surface area contributed by atoms with Gasteiger partial charge in [-0.3, -0.25) is 4.79 Å². The fraction of sp³-hybridized carbons (Fsp3) is 0.115. The molecule has 0 aliphatic carbocycles. The molecule has 0 saturated heterocycles. The molecule has 4 aromatic rings. The van der Waals surface area contributed by atoms with Crippen molar-refractivity contribution in [2.24, 2.45) is 0 Å². The molecule has 0 spiro atoms. The third-order valence-corrected chi connectivity index (χ3v) is 5.45. The summed E-state index contributed by atoms with van der Waals surface area (Å²) in [4.78, 5) is 26.4. The van der Waals surface area contributed by atoms with E-state index < -0.39 is 11.9 Å². The summed E-state index contributed by atoms with van der Waals surface area (Å²) in [6, 6.07) is 24.2. The quantitative estimate of drug-likeness (QED) is 0.446. The number of carbonyl (C=O) groups is 2. The van der Waals surface area contributed by atoms with Crippen LogP contribution in [0.2, 0.25) is 0 Å². The Labute approximate surface area is 190 Å². The Morgan fingerprint density at radius 2 is 1.55 bits per heavy atom. The molecule has 5 rings (SSSR count). The normalized spacial score (nSPS) is 12.3. The predicted octanol–water partition coefficient (Wildman–Crippen LogP) is 4.93. The maximum Gasteiger partial charge on any atom is 0.343 e. The first-order valence-corrected chi connectivity index (χ1v) is 10.6. The van der Waals surface area contributed by atoms with E-state index in [2.05, 4.69) is 10.4 Å². The van der Waals surface area contributed by atoms with Gasteiger partial charge in [0.05, 0.1) is 24.4 Å². The number of para-hydroxylation sites is 3. The Hall–Kier alpha value is -4.39. The van der Waals surface area contributed by atoms with Gasteiger partial charge < -0.3 is 14.8 Å². The molecule has 1 N–H and O–H groups in total. The Morgan fingerprint density at radius 1 is 0.939 bits per heavy atom. The topological polar surface area (TPSA) is 82.5 Å². The zero-order valence-electron chi connectivity index (χ0n) is 17.9. The van der Waals surface area contributed by atoms with Crippen molar-refractivity contribution in [1.82, 2.24) is 9.78 Å². The zero-order valence-corrected chi connectivity index (χ0v) is 17.9. The standard InChI is InChI=1S/C26H21N3O4/c1-2-32-26(31)20-16-27-29(17-10-4-3-5-11-17)24(20)28-25(30)23-18-12-6-8-14-21(18)33-22-15-9-7-13-19(22)23/h3-16,23H,2H2,1H3,(H,28,30). The number of nitrogens with one attached hydrogen (secondary N) is 1. The molecule has 0 fully saturated rings. The average molecular weight is 439 g/mol. The predicted molar refractivity (Wildman–Crippen MR) is 123 cm³/mol. The minimum absolute atomic E-state index is 0.183. The van der Waals surface area contributed by atoms with Crippen LogP contribution >= 0.6 is 0 Å². The highest BCUT2D eigenvalue weighted by atomic mass is 16.5. The number of hydrogen-bond acceptors (Lipinski definition) is 5. The average Bonchev–Trinajstić information content (AvgIpc) is 3.26. The molecular weight excluding hydrogens is 418 g/mol. The van der Waals surface area contributed by atoms with Crippen molar-refractivity contribution < 1.29 is 19.1 Å². The van der Waals surface area contributed by atoms with E-state index in [0.29, 0.717) is 17.2 Å². The molecule has 33 heavy (non-hydrogen) atoms. The Morgan fingerprint density at radius 3 is 2.18 bits per heavy atom. The number of amides is 1. The summed E-state index contributed by atoms with van der Waals surface area (Å²) in [5, 5.41) is 7.31. The molecule has 0 bridgehead atoms. The van der Waals surface area contributed by atoms with Gasteiger partial charge in [0.25, 0.3) is 0 Å². The second-order valence-electron chi connectivity index (χ2n) is 7.47. The van der Waals surface area contributed by atoms with Crippen LogP contribution in [0, 0.1) is 0 Å². The number of ether oxygens (including phenoxy) is 2. The van der Waals surface area contributed by atoms with Crippen molar-refractivity contribution >= 4 is 17.7 Å². The number of anilines is 1. The summed E-state index contributed by atoms with van der Waals surface area (Å²) in [5.41, 5.74) is 2.38. The van der Waals surface area contributed by atoms with Crippen molar-refractivity contribution in [3.63, 3.8) is 0 Å². The Kier molecular flexibility index (Phi) is 5.36. The summed E-state index contributed by atoms with van der Waals surface area (Å²) in [6.07, 6.45) is 1.41. The molecule has 7 heteroatoms. The second kappa shape index (κ2) is 8.63. The van der Waals surface area contributed by atoms with Gasteiger partial charge in [-0.2, -0.15) is 5.10 Å². The molecule has 164 valence electrons. The number of aromatic nitrogens is 2. The highest BCUT2D eigenvalue weighted by Crippen LogP contribution is 2.44. The van der Waals surface area contributed by atoms with Crippen molar-refractivity contribution in [1.29, 1.82) is 0 Å². The Bertz CT molecular complexity index is 1280. The fourth-order valence-corrected chi connectivity index (χ4v) is 3.97. The number of esters is 1.